The summed E-state index contributed by atoms with van der Waals surface area (Å²) in [5, 5.41) is 19.8. The first-order chi connectivity index (χ1) is 19.9. The van der Waals surface area contributed by atoms with Gasteiger partial charge in [0, 0.05) is 30.3 Å². The maximum absolute atomic E-state index is 13.7. The molecule has 0 saturated carbocycles. The fraction of sp³-hybridized carbons (Fsp3) is 0.276. The van der Waals surface area contributed by atoms with Crippen molar-refractivity contribution >= 4 is 44.6 Å². The molecule has 0 aliphatic heterocycles. The Kier molecular flexibility index (Phi) is 9.19. The van der Waals surface area contributed by atoms with Crippen molar-refractivity contribution in [3.05, 3.63) is 76.7 Å². The van der Waals surface area contributed by atoms with E-state index in [1.54, 1.807) is 24.3 Å². The van der Waals surface area contributed by atoms with Crippen molar-refractivity contribution in [2.75, 3.05) is 37.3 Å². The van der Waals surface area contributed by atoms with Gasteiger partial charge >= 0.3 is 0 Å². The van der Waals surface area contributed by atoms with Crippen LogP contribution in [0.25, 0.3) is 27.9 Å². The van der Waals surface area contributed by atoms with E-state index in [1.807, 2.05) is 13.8 Å². The Labute approximate surface area is 248 Å². The molecule has 0 saturated heterocycles. The lowest BCUT2D eigenvalue weighted by Gasteiger charge is -2.25. The second-order valence-electron chi connectivity index (χ2n) is 10.0. The SMILES string of the molecule is CNC(=O)c1c(-c2ccc(F)cc2)nn2cc(N(CCO)S(C)(=O)=O)c(-c3cccc(C(=O)NCC(C)C)c3Cl)cc12. The van der Waals surface area contributed by atoms with Crippen molar-refractivity contribution in [1.82, 2.24) is 20.2 Å². The van der Waals surface area contributed by atoms with Gasteiger partial charge in [0.15, 0.2) is 0 Å². The molecule has 10 nitrogen and oxygen atoms in total. The van der Waals surface area contributed by atoms with E-state index in [-0.39, 0.29) is 45.6 Å². The highest BCUT2D eigenvalue weighted by Gasteiger charge is 2.28. The third-order valence-corrected chi connectivity index (χ3v) is 8.08. The van der Waals surface area contributed by atoms with Gasteiger partial charge in [-0.1, -0.05) is 37.6 Å². The summed E-state index contributed by atoms with van der Waals surface area (Å²) in [5.41, 5.74) is 2.05. The van der Waals surface area contributed by atoms with Gasteiger partial charge in [-0.25, -0.2) is 17.3 Å². The molecule has 0 aliphatic rings. The Bertz CT molecular complexity index is 1760. The van der Waals surface area contributed by atoms with Crippen molar-refractivity contribution in [2.24, 2.45) is 5.92 Å². The lowest BCUT2D eigenvalue weighted by molar-refractivity contribution is 0.0946. The molecule has 13 heteroatoms. The summed E-state index contributed by atoms with van der Waals surface area (Å²) >= 11 is 6.80. The molecule has 2 heterocycles. The van der Waals surface area contributed by atoms with Gasteiger partial charge < -0.3 is 15.7 Å². The molecule has 0 radical (unpaired) electrons. The first-order valence-corrected chi connectivity index (χ1v) is 15.3. The fourth-order valence-electron chi connectivity index (χ4n) is 4.52. The number of pyridine rings is 1. The number of aromatic nitrogens is 2. The summed E-state index contributed by atoms with van der Waals surface area (Å²) in [6.45, 7) is 3.57. The van der Waals surface area contributed by atoms with Crippen LogP contribution in [0.4, 0.5) is 10.1 Å². The molecule has 222 valence electrons. The second-order valence-corrected chi connectivity index (χ2v) is 12.3. The molecule has 42 heavy (non-hydrogen) atoms. The number of aliphatic hydroxyl groups is 1. The van der Waals surface area contributed by atoms with Crippen molar-refractivity contribution in [2.45, 2.75) is 13.8 Å². The highest BCUT2D eigenvalue weighted by atomic mass is 35.5. The first-order valence-electron chi connectivity index (χ1n) is 13.1. The maximum atomic E-state index is 13.7. The Morgan fingerprint density at radius 1 is 1.12 bits per heavy atom. The largest absolute Gasteiger partial charge is 0.394 e. The molecule has 4 aromatic rings. The number of nitrogens with zero attached hydrogens (tertiary/aromatic N) is 3. The standard InChI is InChI=1S/C29H31ClFN5O5S/c1-17(2)15-33-28(38)21-7-5-6-20(26(21)30)22-14-23-25(29(39)32-3)27(18-8-10-19(31)11-9-18)34-35(23)16-24(22)36(12-13-37)42(4,40)41/h5-11,14,16-17,37H,12-13,15H2,1-4H3,(H,32,39)(H,33,38). The van der Waals surface area contributed by atoms with Gasteiger partial charge in [0.25, 0.3) is 11.8 Å². The van der Waals surface area contributed by atoms with Gasteiger partial charge in [0.1, 0.15) is 11.5 Å². The highest BCUT2D eigenvalue weighted by molar-refractivity contribution is 7.92. The van der Waals surface area contributed by atoms with Crippen LogP contribution in [-0.4, -0.2) is 68.0 Å². The van der Waals surface area contributed by atoms with Crippen LogP contribution in [-0.2, 0) is 10.0 Å². The number of hydrogen-bond acceptors (Lipinski definition) is 6. The quantitative estimate of drug-likeness (QED) is 0.247. The monoisotopic (exact) mass is 615 g/mol. The molecule has 2 aromatic heterocycles. The molecular weight excluding hydrogens is 585 g/mol. The van der Waals surface area contributed by atoms with E-state index in [0.717, 1.165) is 10.6 Å². The van der Waals surface area contributed by atoms with Gasteiger partial charge in [-0.3, -0.25) is 13.9 Å². The van der Waals surface area contributed by atoms with Crippen molar-refractivity contribution < 1.29 is 27.5 Å². The number of aliphatic hydroxyl groups excluding tert-OH is 1. The number of benzene rings is 2. The van der Waals surface area contributed by atoms with Crippen LogP contribution in [0.2, 0.25) is 5.02 Å². The van der Waals surface area contributed by atoms with E-state index in [1.165, 1.54) is 42.0 Å². The van der Waals surface area contributed by atoms with Gasteiger partial charge in [0.2, 0.25) is 10.0 Å². The molecule has 0 atom stereocenters. The summed E-state index contributed by atoms with van der Waals surface area (Å²) in [6.07, 6.45) is 2.42. The summed E-state index contributed by atoms with van der Waals surface area (Å²) in [5.74, 6) is -1.14. The third kappa shape index (κ3) is 6.25. The van der Waals surface area contributed by atoms with Crippen molar-refractivity contribution in [3.63, 3.8) is 0 Å². The summed E-state index contributed by atoms with van der Waals surface area (Å²) in [7, 11) is -2.47. The molecular formula is C29H31ClFN5O5S. The number of sulfonamides is 1. The predicted molar refractivity (Wildman–Crippen MR) is 161 cm³/mol. The number of nitrogens with one attached hydrogen (secondary N) is 2. The van der Waals surface area contributed by atoms with Gasteiger partial charge in [-0.15, -0.1) is 0 Å². The Morgan fingerprint density at radius 3 is 2.40 bits per heavy atom. The van der Waals surface area contributed by atoms with Crippen LogP contribution in [0, 0.1) is 11.7 Å². The molecule has 0 fully saturated rings. The fourth-order valence-corrected chi connectivity index (χ4v) is 5.75. The van der Waals surface area contributed by atoms with Crippen LogP contribution in [0.15, 0.2) is 54.7 Å². The summed E-state index contributed by atoms with van der Waals surface area (Å²) in [4.78, 5) is 26.1. The van der Waals surface area contributed by atoms with Gasteiger partial charge in [-0.2, -0.15) is 5.10 Å². The number of anilines is 1. The number of carbonyl (C=O) groups excluding carboxylic acids is 2. The van der Waals surface area contributed by atoms with E-state index in [2.05, 4.69) is 15.7 Å². The van der Waals surface area contributed by atoms with Crippen LogP contribution >= 0.6 is 11.6 Å². The zero-order valence-corrected chi connectivity index (χ0v) is 25.1. The van der Waals surface area contributed by atoms with E-state index >= 15 is 0 Å². The molecule has 0 aliphatic carbocycles. The second kappa shape index (κ2) is 12.5. The minimum atomic E-state index is -3.93. The lowest BCUT2D eigenvalue weighted by atomic mass is 9.99. The molecule has 0 spiro atoms. The molecule has 0 unspecified atom stereocenters. The molecule has 2 aromatic carbocycles. The van der Waals surface area contributed by atoms with Gasteiger partial charge in [0.05, 0.1) is 53.0 Å². The van der Waals surface area contributed by atoms with Gasteiger partial charge in [-0.05, 0) is 42.3 Å². The average Bonchev–Trinajstić information content (AvgIpc) is 3.31. The number of fused-ring (bicyclic) bond motifs is 1. The van der Waals surface area contributed by atoms with Crippen LogP contribution in [0.3, 0.4) is 0 Å². The Hall–Kier alpha value is -4.00. The number of amides is 2. The predicted octanol–water partition coefficient (Wildman–Crippen LogP) is 3.96. The Balaban J connectivity index is 2.07. The third-order valence-electron chi connectivity index (χ3n) is 6.50. The zero-order chi connectivity index (χ0) is 30.8. The lowest BCUT2D eigenvalue weighted by Crippen LogP contribution is -2.33. The van der Waals surface area contributed by atoms with E-state index in [4.69, 9.17) is 11.6 Å². The zero-order valence-electron chi connectivity index (χ0n) is 23.5. The average molecular weight is 616 g/mol. The molecule has 4 rings (SSSR count). The maximum Gasteiger partial charge on any atom is 0.255 e. The Morgan fingerprint density at radius 2 is 1.81 bits per heavy atom. The molecule has 2 amide bonds. The normalized spacial score (nSPS) is 11.6. The topological polar surface area (TPSA) is 133 Å². The van der Waals surface area contributed by atoms with Crippen molar-refractivity contribution in [3.8, 4) is 22.4 Å². The number of hydrogen-bond donors (Lipinski definition) is 3. The summed E-state index contributed by atoms with van der Waals surface area (Å²) < 4.78 is 41.9. The van der Waals surface area contributed by atoms with Crippen LogP contribution in [0.5, 0.6) is 0 Å². The van der Waals surface area contributed by atoms with E-state index in [0.29, 0.717) is 23.2 Å². The minimum absolute atomic E-state index is 0.0709. The van der Waals surface area contributed by atoms with E-state index in [9.17, 15) is 27.5 Å². The minimum Gasteiger partial charge on any atom is -0.394 e. The van der Waals surface area contributed by atoms with E-state index < -0.39 is 34.3 Å². The van der Waals surface area contributed by atoms with Crippen molar-refractivity contribution in [1.29, 1.82) is 0 Å². The number of rotatable bonds is 10. The molecule has 0 bridgehead atoms. The first kappa shape index (κ1) is 30.9. The number of carbonyl (C=O) groups is 2. The van der Waals surface area contributed by atoms with Crippen LogP contribution < -0.4 is 14.9 Å². The van der Waals surface area contributed by atoms with Crippen LogP contribution in [0.1, 0.15) is 34.6 Å². The smallest absolute Gasteiger partial charge is 0.255 e. The summed E-state index contributed by atoms with van der Waals surface area (Å²) in [6, 6.07) is 11.8. The molecule has 3 N–H and O–H groups in total. The highest BCUT2D eigenvalue weighted by Crippen LogP contribution is 2.40. The number of halogens is 2.